The molecule has 3 heterocycles. The smallest absolute Gasteiger partial charge is 0.178 e. The quantitative estimate of drug-likeness (QED) is 0.274. The molecule has 7 heteroatoms. The van der Waals surface area contributed by atoms with E-state index in [1.807, 2.05) is 32.2 Å². The SMILES string of the molecule is CCS(=O)(=O)c1cccc(-c2cc(C(=O)CCCC3CCNCC3)c(C)c3[nH]c4ncc(C)cc4c23)c1. The van der Waals surface area contributed by atoms with Crippen LogP contribution in [0.5, 0.6) is 0 Å². The van der Waals surface area contributed by atoms with Crippen molar-refractivity contribution in [1.82, 2.24) is 15.3 Å². The molecular formula is C30H35N3O3S. The first-order chi connectivity index (χ1) is 17.8. The van der Waals surface area contributed by atoms with E-state index in [2.05, 4.69) is 21.4 Å². The molecule has 1 saturated heterocycles. The molecule has 0 radical (unpaired) electrons. The molecule has 4 aromatic rings. The summed E-state index contributed by atoms with van der Waals surface area (Å²) >= 11 is 0. The molecule has 5 rings (SSSR count). The Hall–Kier alpha value is -3.03. The van der Waals surface area contributed by atoms with E-state index < -0.39 is 9.84 Å². The molecule has 0 amide bonds. The first kappa shape index (κ1) is 25.6. The van der Waals surface area contributed by atoms with Crippen LogP contribution in [0.15, 0.2) is 47.5 Å². The molecule has 1 fully saturated rings. The number of hydrogen-bond acceptors (Lipinski definition) is 5. The van der Waals surface area contributed by atoms with Crippen molar-refractivity contribution in [3.05, 3.63) is 59.3 Å². The van der Waals surface area contributed by atoms with Gasteiger partial charge in [0.2, 0.25) is 0 Å². The minimum Gasteiger partial charge on any atom is -0.339 e. The summed E-state index contributed by atoms with van der Waals surface area (Å²) in [4.78, 5) is 21.9. The van der Waals surface area contributed by atoms with E-state index in [-0.39, 0.29) is 11.5 Å². The zero-order valence-corrected chi connectivity index (χ0v) is 22.7. The second kappa shape index (κ2) is 10.4. The van der Waals surface area contributed by atoms with Crippen LogP contribution in [0.3, 0.4) is 0 Å². The van der Waals surface area contributed by atoms with Gasteiger partial charge in [0.05, 0.1) is 16.2 Å². The average molecular weight is 518 g/mol. The number of carbonyl (C=O) groups excluding carboxylic acids is 1. The Kier molecular flexibility index (Phi) is 7.19. The van der Waals surface area contributed by atoms with Gasteiger partial charge in [0, 0.05) is 29.0 Å². The Bertz CT molecular complexity index is 1580. The topological polar surface area (TPSA) is 91.9 Å². The molecule has 194 valence electrons. The molecule has 1 aliphatic rings. The van der Waals surface area contributed by atoms with Gasteiger partial charge in [-0.15, -0.1) is 0 Å². The van der Waals surface area contributed by atoms with E-state index in [0.717, 1.165) is 70.1 Å². The van der Waals surface area contributed by atoms with E-state index >= 15 is 0 Å². The number of nitrogens with one attached hydrogen (secondary N) is 2. The van der Waals surface area contributed by atoms with E-state index in [0.29, 0.717) is 22.8 Å². The second-order valence-corrected chi connectivity index (χ2v) is 12.6. The summed E-state index contributed by atoms with van der Waals surface area (Å²) in [5.41, 5.74) is 5.93. The highest BCUT2D eigenvalue weighted by Gasteiger charge is 2.22. The number of piperidine rings is 1. The third kappa shape index (κ3) is 5.07. The van der Waals surface area contributed by atoms with Gasteiger partial charge >= 0.3 is 0 Å². The van der Waals surface area contributed by atoms with E-state index in [4.69, 9.17) is 0 Å². The maximum absolute atomic E-state index is 13.5. The summed E-state index contributed by atoms with van der Waals surface area (Å²) in [5, 5.41) is 5.35. The molecule has 1 aliphatic heterocycles. The molecule has 37 heavy (non-hydrogen) atoms. The van der Waals surface area contributed by atoms with Gasteiger partial charge in [-0.05, 0) is 105 Å². The standard InChI is InChI=1S/C30H35N3O3S/c1-4-37(35,36)23-9-6-8-22(16-23)25-17-24(27(34)10-5-7-21-11-13-31-14-12-21)20(3)29-28(25)26-15-19(2)18-32-30(26)33-29/h6,8-9,15-18,21,31H,4-5,7,10-14H2,1-3H3,(H,32,33). The van der Waals surface area contributed by atoms with Crippen molar-refractivity contribution < 1.29 is 13.2 Å². The van der Waals surface area contributed by atoms with E-state index in [1.165, 1.54) is 12.8 Å². The number of aryl methyl sites for hydroxylation is 2. The van der Waals surface area contributed by atoms with Crippen molar-refractivity contribution in [3.63, 3.8) is 0 Å². The molecule has 0 bridgehead atoms. The number of nitrogens with zero attached hydrogens (tertiary/aromatic N) is 1. The first-order valence-corrected chi connectivity index (χ1v) is 14.9. The normalized spacial score (nSPS) is 15.0. The van der Waals surface area contributed by atoms with Crippen LogP contribution in [-0.4, -0.2) is 43.0 Å². The highest BCUT2D eigenvalue weighted by molar-refractivity contribution is 7.91. The molecular weight excluding hydrogens is 482 g/mol. The van der Waals surface area contributed by atoms with Crippen LogP contribution in [-0.2, 0) is 9.84 Å². The van der Waals surface area contributed by atoms with Gasteiger partial charge in [0.25, 0.3) is 0 Å². The highest BCUT2D eigenvalue weighted by Crippen LogP contribution is 2.39. The summed E-state index contributed by atoms with van der Waals surface area (Å²) in [5.74, 6) is 0.866. The van der Waals surface area contributed by atoms with Crippen LogP contribution >= 0.6 is 0 Å². The molecule has 0 spiro atoms. The predicted octanol–water partition coefficient (Wildman–Crippen LogP) is 6.15. The maximum atomic E-state index is 13.5. The van der Waals surface area contributed by atoms with Gasteiger partial charge in [-0.1, -0.05) is 19.1 Å². The Morgan fingerprint density at radius 1 is 1.11 bits per heavy atom. The predicted molar refractivity (Wildman–Crippen MR) is 150 cm³/mol. The lowest BCUT2D eigenvalue weighted by Gasteiger charge is -2.22. The van der Waals surface area contributed by atoms with Crippen LogP contribution in [0, 0.1) is 19.8 Å². The third-order valence-corrected chi connectivity index (χ3v) is 9.52. The summed E-state index contributed by atoms with van der Waals surface area (Å²) in [6.07, 6.45) is 6.66. The van der Waals surface area contributed by atoms with Crippen LogP contribution in [0.2, 0.25) is 0 Å². The molecule has 0 saturated carbocycles. The largest absolute Gasteiger partial charge is 0.339 e. The summed E-state index contributed by atoms with van der Waals surface area (Å²) in [6, 6.07) is 11.1. The third-order valence-electron chi connectivity index (χ3n) is 7.78. The van der Waals surface area contributed by atoms with Crippen molar-refractivity contribution in [1.29, 1.82) is 0 Å². The Labute approximate surface area is 218 Å². The highest BCUT2D eigenvalue weighted by atomic mass is 32.2. The minimum absolute atomic E-state index is 0.0384. The van der Waals surface area contributed by atoms with Crippen molar-refractivity contribution in [2.24, 2.45) is 5.92 Å². The number of H-pyrrole nitrogens is 1. The summed E-state index contributed by atoms with van der Waals surface area (Å²) in [7, 11) is -3.37. The number of aromatic amines is 1. The van der Waals surface area contributed by atoms with Crippen LogP contribution < -0.4 is 5.32 Å². The molecule has 6 nitrogen and oxygen atoms in total. The van der Waals surface area contributed by atoms with Crippen molar-refractivity contribution in [2.45, 2.75) is 57.8 Å². The Morgan fingerprint density at radius 3 is 2.65 bits per heavy atom. The summed E-state index contributed by atoms with van der Waals surface area (Å²) < 4.78 is 25.3. The zero-order valence-electron chi connectivity index (χ0n) is 21.9. The lowest BCUT2D eigenvalue weighted by atomic mass is 9.89. The van der Waals surface area contributed by atoms with Gasteiger partial charge in [0.1, 0.15) is 5.65 Å². The number of sulfone groups is 1. The number of pyridine rings is 1. The van der Waals surface area contributed by atoms with Crippen LogP contribution in [0.1, 0.15) is 60.5 Å². The minimum atomic E-state index is -3.37. The second-order valence-electron chi connectivity index (χ2n) is 10.3. The molecule has 0 aliphatic carbocycles. The molecule has 0 unspecified atom stereocenters. The number of benzene rings is 2. The number of aromatic nitrogens is 2. The molecule has 2 aromatic heterocycles. The maximum Gasteiger partial charge on any atom is 0.178 e. The zero-order chi connectivity index (χ0) is 26.2. The number of Topliss-reactive ketones (excluding diaryl/α,β-unsaturated/α-hetero) is 1. The van der Waals surface area contributed by atoms with Crippen LogP contribution in [0.4, 0.5) is 0 Å². The Balaban J connectivity index is 1.61. The fourth-order valence-corrected chi connectivity index (χ4v) is 6.52. The number of rotatable bonds is 8. The Morgan fingerprint density at radius 2 is 1.89 bits per heavy atom. The van der Waals surface area contributed by atoms with E-state index in [1.54, 1.807) is 25.1 Å². The molecule has 0 atom stereocenters. The number of fused-ring (bicyclic) bond motifs is 3. The fraction of sp³-hybridized carbons (Fsp3) is 0.400. The number of carbonyl (C=O) groups is 1. The number of ketones is 1. The average Bonchev–Trinajstić information content (AvgIpc) is 3.29. The monoisotopic (exact) mass is 517 g/mol. The van der Waals surface area contributed by atoms with Crippen LogP contribution in [0.25, 0.3) is 33.1 Å². The van der Waals surface area contributed by atoms with Gasteiger partial charge in [-0.2, -0.15) is 0 Å². The van der Waals surface area contributed by atoms with Crippen molar-refractivity contribution in [2.75, 3.05) is 18.8 Å². The molecule has 2 N–H and O–H groups in total. The summed E-state index contributed by atoms with van der Waals surface area (Å²) in [6.45, 7) is 7.79. The van der Waals surface area contributed by atoms with E-state index in [9.17, 15) is 13.2 Å². The number of hydrogen-bond donors (Lipinski definition) is 2. The van der Waals surface area contributed by atoms with Gasteiger partial charge in [-0.25, -0.2) is 13.4 Å². The van der Waals surface area contributed by atoms with Gasteiger partial charge < -0.3 is 10.3 Å². The lowest BCUT2D eigenvalue weighted by molar-refractivity contribution is 0.0976. The van der Waals surface area contributed by atoms with Gasteiger partial charge in [-0.3, -0.25) is 4.79 Å². The van der Waals surface area contributed by atoms with Gasteiger partial charge in [0.15, 0.2) is 15.6 Å². The van der Waals surface area contributed by atoms with Crippen molar-refractivity contribution in [3.8, 4) is 11.1 Å². The lowest BCUT2D eigenvalue weighted by Crippen LogP contribution is -2.27. The van der Waals surface area contributed by atoms with Crippen molar-refractivity contribution >= 4 is 37.6 Å². The molecule has 2 aromatic carbocycles. The fourth-order valence-electron chi connectivity index (χ4n) is 5.59. The first-order valence-electron chi connectivity index (χ1n) is 13.3.